The second-order valence-corrected chi connectivity index (χ2v) is 6.88. The lowest BCUT2D eigenvalue weighted by Crippen LogP contribution is -2.13. The van der Waals surface area contributed by atoms with Crippen molar-refractivity contribution in [2.24, 2.45) is 0 Å². The minimum absolute atomic E-state index is 0.0704. The van der Waals surface area contributed by atoms with Crippen LogP contribution in [0.3, 0.4) is 0 Å². The van der Waals surface area contributed by atoms with Gasteiger partial charge in [-0.05, 0) is 35.9 Å². The van der Waals surface area contributed by atoms with Crippen molar-refractivity contribution in [2.45, 2.75) is 6.54 Å². The van der Waals surface area contributed by atoms with Crippen molar-refractivity contribution >= 4 is 39.9 Å². The molecule has 0 atom stereocenters. The Bertz CT molecular complexity index is 1190. The normalized spacial score (nSPS) is 11.0. The van der Waals surface area contributed by atoms with Gasteiger partial charge >= 0.3 is 0 Å². The highest BCUT2D eigenvalue weighted by molar-refractivity contribution is 6.34. The van der Waals surface area contributed by atoms with Crippen molar-refractivity contribution in [1.82, 2.24) is 14.8 Å². The minimum Gasteiger partial charge on any atom is -0.338 e. The molecule has 0 saturated heterocycles. The van der Waals surface area contributed by atoms with Gasteiger partial charge in [0, 0.05) is 34.3 Å². The van der Waals surface area contributed by atoms with Crippen LogP contribution in [0.5, 0.6) is 0 Å². The van der Waals surface area contributed by atoms with Gasteiger partial charge in [0.2, 0.25) is 0 Å². The number of ketones is 1. The molecule has 27 heavy (non-hydrogen) atoms. The third-order valence-corrected chi connectivity index (χ3v) is 4.87. The summed E-state index contributed by atoms with van der Waals surface area (Å²) >= 11 is 11.9. The van der Waals surface area contributed by atoms with E-state index in [1.54, 1.807) is 53.2 Å². The SMILES string of the molecule is O=C(c1ccc(Cl)cc1)c1ccc(Cn2ccc3c(Cl)n[nH]c(=O)c32)cc1. The first-order chi connectivity index (χ1) is 13.0. The summed E-state index contributed by atoms with van der Waals surface area (Å²) in [7, 11) is 0. The molecule has 7 heteroatoms. The number of H-pyrrole nitrogens is 1. The topological polar surface area (TPSA) is 67.8 Å². The van der Waals surface area contributed by atoms with Crippen molar-refractivity contribution in [1.29, 1.82) is 0 Å². The molecule has 1 N–H and O–H groups in total. The van der Waals surface area contributed by atoms with E-state index in [4.69, 9.17) is 23.2 Å². The van der Waals surface area contributed by atoms with E-state index in [2.05, 4.69) is 10.2 Å². The molecule has 2 aromatic carbocycles. The number of hydrogen-bond acceptors (Lipinski definition) is 3. The lowest BCUT2D eigenvalue weighted by molar-refractivity contribution is 0.103. The predicted molar refractivity (Wildman–Crippen MR) is 106 cm³/mol. The molecular formula is C20H13Cl2N3O2. The Morgan fingerprint density at radius 1 is 0.963 bits per heavy atom. The number of carbonyl (C=O) groups excluding carboxylic acids is 1. The van der Waals surface area contributed by atoms with Crippen LogP contribution in [-0.2, 0) is 6.54 Å². The Balaban J connectivity index is 1.60. The molecule has 0 unspecified atom stereocenters. The van der Waals surface area contributed by atoms with Crippen molar-refractivity contribution in [2.75, 3.05) is 0 Å². The number of nitrogens with one attached hydrogen (secondary N) is 1. The Hall–Kier alpha value is -2.89. The molecule has 4 aromatic rings. The third kappa shape index (κ3) is 3.39. The number of rotatable bonds is 4. The molecule has 0 bridgehead atoms. The Morgan fingerprint density at radius 2 is 1.59 bits per heavy atom. The highest BCUT2D eigenvalue weighted by Gasteiger charge is 2.12. The number of halogens is 2. The van der Waals surface area contributed by atoms with Gasteiger partial charge in [0.25, 0.3) is 5.56 Å². The van der Waals surface area contributed by atoms with Gasteiger partial charge in [0.1, 0.15) is 5.52 Å². The predicted octanol–water partition coefficient (Wildman–Crippen LogP) is 4.31. The maximum atomic E-state index is 12.5. The maximum absolute atomic E-state index is 12.5. The number of nitrogens with zero attached hydrogens (tertiary/aromatic N) is 2. The van der Waals surface area contributed by atoms with Crippen LogP contribution in [0.15, 0.2) is 65.6 Å². The van der Waals surface area contributed by atoms with Crippen LogP contribution in [0, 0.1) is 0 Å². The molecule has 4 rings (SSSR count). The van der Waals surface area contributed by atoms with Gasteiger partial charge < -0.3 is 4.57 Å². The number of carbonyl (C=O) groups is 1. The largest absolute Gasteiger partial charge is 0.338 e. The summed E-state index contributed by atoms with van der Waals surface area (Å²) in [6.07, 6.45) is 1.79. The molecular weight excluding hydrogens is 385 g/mol. The monoisotopic (exact) mass is 397 g/mol. The average molecular weight is 398 g/mol. The Labute approximate surface area is 164 Å². The lowest BCUT2D eigenvalue weighted by atomic mass is 10.0. The van der Waals surface area contributed by atoms with Crippen molar-refractivity contribution in [3.63, 3.8) is 0 Å². The Morgan fingerprint density at radius 3 is 2.26 bits per heavy atom. The molecule has 0 amide bonds. The van der Waals surface area contributed by atoms with Gasteiger partial charge in [0.15, 0.2) is 10.9 Å². The summed E-state index contributed by atoms with van der Waals surface area (Å²) in [5.41, 5.74) is 2.29. The second kappa shape index (κ2) is 7.02. The van der Waals surface area contributed by atoms with Gasteiger partial charge in [-0.1, -0.05) is 47.5 Å². The zero-order valence-electron chi connectivity index (χ0n) is 13.9. The fourth-order valence-electron chi connectivity index (χ4n) is 2.96. The molecule has 5 nitrogen and oxygen atoms in total. The van der Waals surface area contributed by atoms with E-state index in [-0.39, 0.29) is 16.5 Å². The maximum Gasteiger partial charge on any atom is 0.288 e. The lowest BCUT2D eigenvalue weighted by Gasteiger charge is -2.07. The molecule has 0 spiro atoms. The molecule has 0 saturated carbocycles. The van der Waals surface area contributed by atoms with Crippen LogP contribution in [0.25, 0.3) is 10.9 Å². The number of aromatic amines is 1. The fraction of sp³-hybridized carbons (Fsp3) is 0.0500. The van der Waals surface area contributed by atoms with E-state index >= 15 is 0 Å². The smallest absolute Gasteiger partial charge is 0.288 e. The molecule has 0 aliphatic rings. The molecule has 2 heterocycles. The zero-order valence-corrected chi connectivity index (χ0v) is 15.5. The third-order valence-electron chi connectivity index (χ3n) is 4.33. The molecule has 0 aliphatic carbocycles. The van der Waals surface area contributed by atoms with Crippen LogP contribution in [0.4, 0.5) is 0 Å². The van der Waals surface area contributed by atoms with Crippen molar-refractivity contribution < 1.29 is 4.79 Å². The van der Waals surface area contributed by atoms with Crippen molar-refractivity contribution in [3.05, 3.63) is 98.0 Å². The average Bonchev–Trinajstić information content (AvgIpc) is 3.10. The second-order valence-electron chi connectivity index (χ2n) is 6.08. The Kier molecular flexibility index (Phi) is 4.56. The first-order valence-corrected chi connectivity index (χ1v) is 8.91. The summed E-state index contributed by atoms with van der Waals surface area (Å²) in [6.45, 7) is 0.475. The number of hydrogen-bond donors (Lipinski definition) is 1. The van der Waals surface area contributed by atoms with Crippen LogP contribution in [0.1, 0.15) is 21.5 Å². The molecule has 0 fully saturated rings. The van der Waals surface area contributed by atoms with E-state index < -0.39 is 0 Å². The molecule has 134 valence electrons. The summed E-state index contributed by atoms with van der Waals surface area (Å²) in [5, 5.41) is 7.60. The zero-order chi connectivity index (χ0) is 19.0. The summed E-state index contributed by atoms with van der Waals surface area (Å²) in [6, 6.07) is 15.8. The highest BCUT2D eigenvalue weighted by Crippen LogP contribution is 2.20. The number of fused-ring (bicyclic) bond motifs is 1. The van der Waals surface area contributed by atoms with Crippen LogP contribution < -0.4 is 5.56 Å². The van der Waals surface area contributed by atoms with E-state index in [0.717, 1.165) is 5.56 Å². The quantitative estimate of drug-likeness (QED) is 0.521. The summed E-state index contributed by atoms with van der Waals surface area (Å²) < 4.78 is 1.80. The van der Waals surface area contributed by atoms with Crippen LogP contribution >= 0.6 is 23.2 Å². The number of aromatic nitrogens is 3. The summed E-state index contributed by atoms with van der Waals surface area (Å²) in [5.74, 6) is -0.0704. The standard InChI is InChI=1S/C20H13Cl2N3O2/c21-15-7-5-14(6-8-15)18(26)13-3-1-12(2-4-13)11-25-10-9-16-17(25)20(27)24-23-19(16)22/h1-10H,11H2,(H,24,27). The van der Waals surface area contributed by atoms with Gasteiger partial charge in [-0.25, -0.2) is 5.10 Å². The van der Waals surface area contributed by atoms with Gasteiger partial charge in [-0.15, -0.1) is 0 Å². The summed E-state index contributed by atoms with van der Waals surface area (Å²) in [4.78, 5) is 24.6. The van der Waals surface area contributed by atoms with E-state index in [9.17, 15) is 9.59 Å². The van der Waals surface area contributed by atoms with E-state index in [1.807, 2.05) is 12.1 Å². The van der Waals surface area contributed by atoms with E-state index in [1.165, 1.54) is 0 Å². The first kappa shape index (κ1) is 17.5. The van der Waals surface area contributed by atoms with Crippen LogP contribution in [0.2, 0.25) is 10.2 Å². The van der Waals surface area contributed by atoms with Gasteiger partial charge in [-0.3, -0.25) is 9.59 Å². The highest BCUT2D eigenvalue weighted by atomic mass is 35.5. The molecule has 2 aromatic heterocycles. The fourth-order valence-corrected chi connectivity index (χ4v) is 3.28. The van der Waals surface area contributed by atoms with Gasteiger partial charge in [0.05, 0.1) is 0 Å². The van der Waals surface area contributed by atoms with Gasteiger partial charge in [-0.2, -0.15) is 5.10 Å². The van der Waals surface area contributed by atoms with E-state index in [0.29, 0.717) is 33.6 Å². The number of benzene rings is 2. The molecule has 0 radical (unpaired) electrons. The van der Waals surface area contributed by atoms with Crippen LogP contribution in [-0.4, -0.2) is 20.5 Å². The van der Waals surface area contributed by atoms with Crippen molar-refractivity contribution in [3.8, 4) is 0 Å². The first-order valence-electron chi connectivity index (χ1n) is 8.15. The minimum atomic E-state index is -0.297. The molecule has 0 aliphatic heterocycles.